The van der Waals surface area contributed by atoms with Crippen LogP contribution in [0.3, 0.4) is 0 Å². The third kappa shape index (κ3) is 3.16. The third-order valence-corrected chi connectivity index (χ3v) is 9.60. The second-order valence-corrected chi connectivity index (χ2v) is 13.0. The molecule has 0 radical (unpaired) electrons. The highest BCUT2D eigenvalue weighted by atomic mass is 79.9. The molecule has 4 nitrogen and oxygen atoms in total. The molecule has 2 heterocycles. The molecule has 0 saturated heterocycles. The fraction of sp³-hybridized carbons (Fsp3) is 0.529. The second kappa shape index (κ2) is 5.83. The molecule has 0 aliphatic carbocycles. The highest BCUT2D eigenvalue weighted by Gasteiger charge is 2.44. The number of aromatic nitrogens is 3. The van der Waals surface area contributed by atoms with Crippen molar-refractivity contribution < 1.29 is 5.80 Å². The molecule has 1 aliphatic rings. The molecular weight excluding hydrogens is 370 g/mol. The summed E-state index contributed by atoms with van der Waals surface area (Å²) in [7, 11) is -2.12. The van der Waals surface area contributed by atoms with Gasteiger partial charge in [-0.1, -0.05) is 51.1 Å². The van der Waals surface area contributed by atoms with Crippen LogP contribution in [0.2, 0.25) is 18.1 Å². The molecule has 0 saturated carbocycles. The molecule has 0 N–H and O–H groups in total. The lowest BCUT2D eigenvalue weighted by Gasteiger charge is -2.38. The number of rotatable bonds is 3. The largest absolute Gasteiger partial charge is 0.407 e. The van der Waals surface area contributed by atoms with E-state index in [1.807, 2.05) is 22.9 Å². The molecule has 1 aromatic heterocycles. The first-order valence-electron chi connectivity index (χ1n) is 8.41. The molecule has 0 amide bonds. The van der Waals surface area contributed by atoms with Crippen molar-refractivity contribution in [3.63, 3.8) is 0 Å². The normalized spacial score (nSPS) is 25.3. The van der Waals surface area contributed by atoms with Gasteiger partial charge in [-0.2, -0.15) is 0 Å². The molecule has 124 valence electrons. The SMILES string of the molecule is [2H]C1(O[Si](C)(C)C(C)(C)C)CC(c2ccccc2)n2nc(Br)nc21. The number of hydrogen-bond donors (Lipinski definition) is 0. The van der Waals surface area contributed by atoms with Gasteiger partial charge < -0.3 is 4.43 Å². The van der Waals surface area contributed by atoms with Gasteiger partial charge in [-0.25, -0.2) is 9.67 Å². The summed E-state index contributed by atoms with van der Waals surface area (Å²) in [6.07, 6.45) is -0.630. The van der Waals surface area contributed by atoms with Gasteiger partial charge in [0.15, 0.2) is 14.1 Å². The van der Waals surface area contributed by atoms with E-state index in [4.69, 9.17) is 5.80 Å². The van der Waals surface area contributed by atoms with Crippen molar-refractivity contribution in [2.24, 2.45) is 0 Å². The van der Waals surface area contributed by atoms with E-state index in [9.17, 15) is 0 Å². The van der Waals surface area contributed by atoms with Gasteiger partial charge in [0.1, 0.15) is 6.08 Å². The van der Waals surface area contributed by atoms with Crippen LogP contribution in [-0.4, -0.2) is 23.1 Å². The van der Waals surface area contributed by atoms with Crippen molar-refractivity contribution in [1.82, 2.24) is 14.8 Å². The van der Waals surface area contributed by atoms with E-state index in [0.717, 1.165) is 5.56 Å². The molecular formula is C17H24BrN3OSi. The maximum atomic E-state index is 9.06. The molecule has 0 spiro atoms. The summed E-state index contributed by atoms with van der Waals surface area (Å²) in [6, 6.07) is 10.1. The average molecular weight is 395 g/mol. The Kier molecular flexibility index (Phi) is 3.94. The van der Waals surface area contributed by atoms with Gasteiger partial charge >= 0.3 is 0 Å². The van der Waals surface area contributed by atoms with Gasteiger partial charge in [-0.15, -0.1) is 5.10 Å². The zero-order chi connectivity index (χ0) is 17.8. The Morgan fingerprint density at radius 2 is 1.96 bits per heavy atom. The lowest BCUT2D eigenvalue weighted by Crippen LogP contribution is -2.41. The van der Waals surface area contributed by atoms with E-state index in [1.54, 1.807) is 0 Å². The van der Waals surface area contributed by atoms with E-state index < -0.39 is 14.4 Å². The van der Waals surface area contributed by atoms with E-state index in [0.29, 0.717) is 17.0 Å². The Morgan fingerprint density at radius 1 is 1.30 bits per heavy atom. The highest BCUT2D eigenvalue weighted by molar-refractivity contribution is 9.10. The van der Waals surface area contributed by atoms with Crippen molar-refractivity contribution >= 4 is 24.2 Å². The fourth-order valence-corrected chi connectivity index (χ4v) is 3.98. The summed E-state index contributed by atoms with van der Waals surface area (Å²) in [5.41, 5.74) is 1.13. The van der Waals surface area contributed by atoms with Gasteiger partial charge in [-0.05, 0) is 39.6 Å². The molecule has 0 fully saturated rings. The molecule has 2 atom stereocenters. The van der Waals surface area contributed by atoms with Crippen LogP contribution in [0.4, 0.5) is 0 Å². The number of nitrogens with zero attached hydrogens (tertiary/aromatic N) is 3. The van der Waals surface area contributed by atoms with E-state index >= 15 is 0 Å². The minimum atomic E-state index is -2.12. The summed E-state index contributed by atoms with van der Waals surface area (Å²) in [5.74, 6) is 0.591. The molecule has 6 heteroatoms. The lowest BCUT2D eigenvalue weighted by atomic mass is 10.0. The Labute approximate surface area is 148 Å². The van der Waals surface area contributed by atoms with E-state index in [2.05, 4.69) is 72.0 Å². The van der Waals surface area contributed by atoms with Crippen molar-refractivity contribution in [2.45, 2.75) is 57.4 Å². The first-order valence-corrected chi connectivity index (χ1v) is 11.6. The van der Waals surface area contributed by atoms with Crippen LogP contribution in [0.25, 0.3) is 0 Å². The third-order valence-electron chi connectivity index (χ3n) is 4.90. The predicted octanol–water partition coefficient (Wildman–Crippen LogP) is 5.10. The van der Waals surface area contributed by atoms with Gasteiger partial charge in [-0.3, -0.25) is 0 Å². The molecule has 1 aromatic carbocycles. The zero-order valence-corrected chi connectivity index (χ0v) is 16.9. The zero-order valence-electron chi connectivity index (χ0n) is 15.3. The van der Waals surface area contributed by atoms with Crippen LogP contribution in [0, 0.1) is 0 Å². The van der Waals surface area contributed by atoms with Gasteiger partial charge in [0.05, 0.1) is 7.41 Å². The summed E-state index contributed by atoms with van der Waals surface area (Å²) < 4.78 is 17.9. The Morgan fingerprint density at radius 3 is 2.57 bits per heavy atom. The van der Waals surface area contributed by atoms with Crippen LogP contribution in [0.1, 0.15) is 52.1 Å². The summed E-state index contributed by atoms with van der Waals surface area (Å²) >= 11 is 3.36. The van der Waals surface area contributed by atoms with Crippen molar-refractivity contribution in [3.8, 4) is 0 Å². The number of benzene rings is 1. The smallest absolute Gasteiger partial charge is 0.217 e. The molecule has 2 aromatic rings. The van der Waals surface area contributed by atoms with Gasteiger partial charge in [0, 0.05) is 6.42 Å². The topological polar surface area (TPSA) is 39.9 Å². The molecule has 23 heavy (non-hydrogen) atoms. The first-order chi connectivity index (χ1) is 11.0. The summed E-state index contributed by atoms with van der Waals surface area (Å²) in [6.45, 7) is 10.9. The van der Waals surface area contributed by atoms with Crippen molar-refractivity contribution in [2.75, 3.05) is 0 Å². The Balaban J connectivity index is 2.02. The van der Waals surface area contributed by atoms with Gasteiger partial charge in [0.25, 0.3) is 0 Å². The standard InChI is InChI=1S/C17H24BrN3OSi/c1-17(2,3)23(4,5)22-14-11-13(12-9-7-6-8-10-12)21-15(14)19-16(18)20-21/h6-10,13-14H,11H2,1-5H3/i14D. The van der Waals surface area contributed by atoms with Crippen LogP contribution in [0.5, 0.6) is 0 Å². The minimum Gasteiger partial charge on any atom is -0.407 e. The minimum absolute atomic E-state index is 0.0257. The molecule has 3 rings (SSSR count). The maximum Gasteiger partial charge on any atom is 0.217 e. The molecule has 0 bridgehead atoms. The quantitative estimate of drug-likeness (QED) is 0.679. The fourth-order valence-electron chi connectivity index (χ4n) is 2.54. The molecule has 1 aliphatic heterocycles. The lowest BCUT2D eigenvalue weighted by molar-refractivity contribution is 0.178. The first kappa shape index (κ1) is 15.5. The summed E-state index contributed by atoms with van der Waals surface area (Å²) in [5, 5.41) is 4.51. The summed E-state index contributed by atoms with van der Waals surface area (Å²) in [4.78, 5) is 4.46. The predicted molar refractivity (Wildman–Crippen MR) is 97.9 cm³/mol. The number of halogens is 1. The second-order valence-electron chi connectivity index (χ2n) is 7.57. The Hall–Kier alpha value is -0.983. The van der Waals surface area contributed by atoms with Crippen molar-refractivity contribution in [1.29, 1.82) is 0 Å². The van der Waals surface area contributed by atoms with Crippen LogP contribution < -0.4 is 0 Å². The monoisotopic (exact) mass is 394 g/mol. The Bertz CT molecular complexity index is 744. The van der Waals surface area contributed by atoms with Gasteiger partial charge in [0.2, 0.25) is 4.73 Å². The molecule has 2 unspecified atom stereocenters. The highest BCUT2D eigenvalue weighted by Crippen LogP contribution is 2.45. The van der Waals surface area contributed by atoms with Crippen LogP contribution in [0.15, 0.2) is 35.1 Å². The number of hydrogen-bond acceptors (Lipinski definition) is 3. The average Bonchev–Trinajstić information content (AvgIpc) is 2.96. The van der Waals surface area contributed by atoms with Crippen molar-refractivity contribution in [3.05, 3.63) is 46.5 Å². The maximum absolute atomic E-state index is 9.06. The van der Waals surface area contributed by atoms with Crippen LogP contribution in [-0.2, 0) is 4.43 Å². The number of fused-ring (bicyclic) bond motifs is 1. The van der Waals surface area contributed by atoms with E-state index in [1.165, 1.54) is 0 Å². The van der Waals surface area contributed by atoms with E-state index in [-0.39, 0.29) is 11.1 Å². The van der Waals surface area contributed by atoms with Crippen LogP contribution >= 0.6 is 15.9 Å².